The third kappa shape index (κ3) is 4.14. The van der Waals surface area contributed by atoms with Gasteiger partial charge in [0.25, 0.3) is 0 Å². The predicted octanol–water partition coefficient (Wildman–Crippen LogP) is 1.18. The monoisotopic (exact) mass is 264 g/mol. The quantitative estimate of drug-likeness (QED) is 0.836. The van der Waals surface area contributed by atoms with Gasteiger partial charge in [-0.15, -0.1) is 0 Å². The van der Waals surface area contributed by atoms with Crippen molar-refractivity contribution >= 4 is 5.95 Å². The van der Waals surface area contributed by atoms with E-state index in [0.29, 0.717) is 12.0 Å². The molecule has 1 unspecified atom stereocenters. The van der Waals surface area contributed by atoms with Gasteiger partial charge in [-0.2, -0.15) is 0 Å². The van der Waals surface area contributed by atoms with Gasteiger partial charge in [0.2, 0.25) is 5.95 Å². The normalized spacial score (nSPS) is 20.0. The molecule has 1 aromatic heterocycles. The van der Waals surface area contributed by atoms with Crippen LogP contribution in [0, 0.1) is 5.92 Å². The number of hydrogen-bond donors (Lipinski definition) is 2. The molecule has 0 bridgehead atoms. The summed E-state index contributed by atoms with van der Waals surface area (Å²) in [5.41, 5.74) is 1.10. The molecule has 0 radical (unpaired) electrons. The second-order valence-electron chi connectivity index (χ2n) is 5.56. The zero-order chi connectivity index (χ0) is 13.7. The second kappa shape index (κ2) is 6.82. The van der Waals surface area contributed by atoms with Crippen molar-refractivity contribution in [2.24, 2.45) is 5.92 Å². The van der Waals surface area contributed by atoms with Gasteiger partial charge in [-0.1, -0.05) is 13.8 Å². The summed E-state index contributed by atoms with van der Waals surface area (Å²) in [5, 5.41) is 12.6. The molecule has 1 fully saturated rings. The molecule has 5 nitrogen and oxygen atoms in total. The molecule has 1 aromatic rings. The molecular formula is C14H24N4O. The summed E-state index contributed by atoms with van der Waals surface area (Å²) in [5.74, 6) is 1.14. The fraction of sp³-hybridized carbons (Fsp3) is 0.714. The van der Waals surface area contributed by atoms with E-state index in [4.69, 9.17) is 0 Å². The first-order valence-electron chi connectivity index (χ1n) is 7.09. The number of rotatable bonds is 5. The van der Waals surface area contributed by atoms with E-state index in [1.165, 1.54) is 0 Å². The molecular weight excluding hydrogens is 240 g/mol. The summed E-state index contributed by atoms with van der Waals surface area (Å²) in [7, 11) is 0. The topological polar surface area (TPSA) is 61.3 Å². The summed E-state index contributed by atoms with van der Waals surface area (Å²) >= 11 is 0. The fourth-order valence-electron chi connectivity index (χ4n) is 2.32. The molecule has 0 saturated carbocycles. The Morgan fingerprint density at radius 2 is 2.16 bits per heavy atom. The van der Waals surface area contributed by atoms with Crippen molar-refractivity contribution in [3.8, 4) is 0 Å². The summed E-state index contributed by atoms with van der Waals surface area (Å²) < 4.78 is 0. The Hall–Kier alpha value is -1.20. The maximum Gasteiger partial charge on any atom is 0.225 e. The first-order chi connectivity index (χ1) is 9.19. The van der Waals surface area contributed by atoms with Crippen LogP contribution in [0.25, 0.3) is 0 Å². The van der Waals surface area contributed by atoms with Crippen molar-refractivity contribution < 1.29 is 5.11 Å². The summed E-state index contributed by atoms with van der Waals surface area (Å²) in [6.45, 7) is 7.15. The molecule has 0 spiro atoms. The van der Waals surface area contributed by atoms with Crippen LogP contribution in [-0.4, -0.2) is 40.8 Å². The Labute approximate surface area is 115 Å². The highest BCUT2D eigenvalue weighted by atomic mass is 16.3. The lowest BCUT2D eigenvalue weighted by atomic mass is 9.99. The van der Waals surface area contributed by atoms with E-state index >= 15 is 0 Å². The van der Waals surface area contributed by atoms with E-state index < -0.39 is 0 Å². The zero-order valence-electron chi connectivity index (χ0n) is 11.8. The van der Waals surface area contributed by atoms with Crippen LogP contribution < -0.4 is 10.2 Å². The maximum atomic E-state index is 9.25. The van der Waals surface area contributed by atoms with Crippen molar-refractivity contribution in [1.29, 1.82) is 0 Å². The molecule has 19 heavy (non-hydrogen) atoms. The third-order valence-corrected chi connectivity index (χ3v) is 3.47. The molecule has 1 aliphatic rings. The molecule has 106 valence electrons. The van der Waals surface area contributed by atoms with Gasteiger partial charge in [0.1, 0.15) is 0 Å². The highest BCUT2D eigenvalue weighted by Crippen LogP contribution is 2.19. The van der Waals surface area contributed by atoms with Crippen LogP contribution >= 0.6 is 0 Å². The highest BCUT2D eigenvalue weighted by molar-refractivity contribution is 5.30. The minimum Gasteiger partial charge on any atom is -0.396 e. The number of nitrogens with one attached hydrogen (secondary N) is 1. The molecule has 1 saturated heterocycles. The number of hydrogen-bond acceptors (Lipinski definition) is 5. The Bertz CT molecular complexity index is 380. The molecule has 0 aliphatic carbocycles. The van der Waals surface area contributed by atoms with Crippen LogP contribution in [0.15, 0.2) is 12.4 Å². The largest absolute Gasteiger partial charge is 0.396 e. The third-order valence-electron chi connectivity index (χ3n) is 3.47. The lowest BCUT2D eigenvalue weighted by Gasteiger charge is -2.31. The van der Waals surface area contributed by atoms with Crippen molar-refractivity contribution in [2.75, 3.05) is 24.6 Å². The molecule has 2 N–H and O–H groups in total. The van der Waals surface area contributed by atoms with Gasteiger partial charge >= 0.3 is 0 Å². The van der Waals surface area contributed by atoms with Gasteiger partial charge < -0.3 is 15.3 Å². The van der Waals surface area contributed by atoms with Gasteiger partial charge in [0.15, 0.2) is 0 Å². The van der Waals surface area contributed by atoms with Gasteiger partial charge in [0.05, 0.1) is 0 Å². The predicted molar refractivity (Wildman–Crippen MR) is 76.0 cm³/mol. The second-order valence-corrected chi connectivity index (χ2v) is 5.56. The van der Waals surface area contributed by atoms with Crippen molar-refractivity contribution in [2.45, 2.75) is 39.3 Å². The van der Waals surface area contributed by atoms with E-state index in [-0.39, 0.29) is 6.61 Å². The Morgan fingerprint density at radius 3 is 2.79 bits per heavy atom. The van der Waals surface area contributed by atoms with Crippen LogP contribution in [0.3, 0.4) is 0 Å². The number of piperidine rings is 1. The summed E-state index contributed by atoms with van der Waals surface area (Å²) in [6, 6.07) is 0.465. The van der Waals surface area contributed by atoms with Gasteiger partial charge in [-0.05, 0) is 18.8 Å². The van der Waals surface area contributed by atoms with E-state index in [9.17, 15) is 5.11 Å². The Kier molecular flexibility index (Phi) is 5.10. The fourth-order valence-corrected chi connectivity index (χ4v) is 2.32. The zero-order valence-corrected chi connectivity index (χ0v) is 11.8. The van der Waals surface area contributed by atoms with Crippen molar-refractivity contribution in [3.05, 3.63) is 18.0 Å². The number of anilines is 1. The van der Waals surface area contributed by atoms with Crippen LogP contribution in [0.1, 0.15) is 32.3 Å². The first-order valence-corrected chi connectivity index (χ1v) is 7.09. The molecule has 2 heterocycles. The maximum absolute atomic E-state index is 9.25. The summed E-state index contributed by atoms with van der Waals surface area (Å²) in [6.07, 6.45) is 5.98. The number of aromatic nitrogens is 2. The summed E-state index contributed by atoms with van der Waals surface area (Å²) in [4.78, 5) is 11.1. The van der Waals surface area contributed by atoms with Crippen LogP contribution in [-0.2, 0) is 6.54 Å². The van der Waals surface area contributed by atoms with Gasteiger partial charge in [-0.3, -0.25) is 0 Å². The highest BCUT2D eigenvalue weighted by Gasteiger charge is 2.20. The van der Waals surface area contributed by atoms with Crippen molar-refractivity contribution in [1.82, 2.24) is 15.3 Å². The number of nitrogens with zero attached hydrogens (tertiary/aromatic N) is 3. The van der Waals surface area contributed by atoms with Crippen LogP contribution in [0.2, 0.25) is 0 Å². The van der Waals surface area contributed by atoms with E-state index in [0.717, 1.165) is 44.0 Å². The average Bonchev–Trinajstić information content (AvgIpc) is 2.45. The molecule has 1 aliphatic heterocycles. The first kappa shape index (κ1) is 14.2. The van der Waals surface area contributed by atoms with E-state index in [1.807, 2.05) is 12.4 Å². The number of aliphatic hydroxyl groups excluding tert-OH is 1. The van der Waals surface area contributed by atoms with Crippen molar-refractivity contribution in [3.63, 3.8) is 0 Å². The molecule has 2 rings (SSSR count). The minimum atomic E-state index is 0.257. The van der Waals surface area contributed by atoms with Gasteiger partial charge in [0, 0.05) is 50.2 Å². The number of aliphatic hydroxyl groups is 1. The van der Waals surface area contributed by atoms with E-state index in [1.54, 1.807) is 0 Å². The molecule has 1 atom stereocenters. The average molecular weight is 264 g/mol. The van der Waals surface area contributed by atoms with Crippen LogP contribution in [0.4, 0.5) is 5.95 Å². The SMILES string of the molecule is CC(C)NCc1cnc(N2CCCC(CO)C2)nc1. The molecule has 0 amide bonds. The lowest BCUT2D eigenvalue weighted by Crippen LogP contribution is -2.37. The van der Waals surface area contributed by atoms with Gasteiger partial charge in [-0.25, -0.2) is 9.97 Å². The van der Waals surface area contributed by atoms with Crippen LogP contribution in [0.5, 0.6) is 0 Å². The smallest absolute Gasteiger partial charge is 0.225 e. The van der Waals surface area contributed by atoms with E-state index in [2.05, 4.69) is 34.0 Å². The lowest BCUT2D eigenvalue weighted by molar-refractivity contribution is 0.208. The molecule has 0 aromatic carbocycles. The Morgan fingerprint density at radius 1 is 1.42 bits per heavy atom. The standard InChI is InChI=1S/C14H24N4O/c1-11(2)15-6-13-7-16-14(17-8-13)18-5-3-4-12(9-18)10-19/h7-8,11-12,15,19H,3-6,9-10H2,1-2H3. The molecule has 5 heteroatoms. The minimum absolute atomic E-state index is 0.257. The Balaban J connectivity index is 1.93.